The van der Waals surface area contributed by atoms with Gasteiger partial charge in [0.05, 0.1) is 0 Å². The molecule has 4 nitrogen and oxygen atoms in total. The van der Waals surface area contributed by atoms with Crippen molar-refractivity contribution in [2.24, 2.45) is 0 Å². The maximum atomic E-state index is 5.99. The highest BCUT2D eigenvalue weighted by Crippen LogP contribution is 2.33. The zero-order valence-electron chi connectivity index (χ0n) is 11.1. The number of nitrogens with zero attached hydrogens (tertiary/aromatic N) is 2. The Labute approximate surface area is 126 Å². The maximum Gasteiger partial charge on any atom is 0.249 e. The molecule has 1 N–H and O–H groups in total. The van der Waals surface area contributed by atoms with Gasteiger partial charge in [-0.15, -0.1) is 0 Å². The molecule has 0 saturated heterocycles. The molecule has 0 bridgehead atoms. The summed E-state index contributed by atoms with van der Waals surface area (Å²) in [5.74, 6) is 1.16. The lowest BCUT2D eigenvalue weighted by atomic mass is 10.1. The van der Waals surface area contributed by atoms with Gasteiger partial charge >= 0.3 is 0 Å². The maximum absolute atomic E-state index is 5.99. The molecule has 2 aromatic carbocycles. The second kappa shape index (κ2) is 4.90. The summed E-state index contributed by atoms with van der Waals surface area (Å²) in [6.45, 7) is 0. The third-order valence-corrected chi connectivity index (χ3v) is 3.83. The summed E-state index contributed by atoms with van der Waals surface area (Å²) < 4.78 is 5.41. The Morgan fingerprint density at radius 1 is 1.14 bits per heavy atom. The summed E-state index contributed by atoms with van der Waals surface area (Å²) in [6.07, 6.45) is 0.855. The lowest BCUT2D eigenvalue weighted by Crippen LogP contribution is -2.05. The fourth-order valence-corrected chi connectivity index (χ4v) is 2.76. The minimum atomic E-state index is 0.0304. The van der Waals surface area contributed by atoms with E-state index >= 15 is 0 Å². The van der Waals surface area contributed by atoms with Crippen molar-refractivity contribution in [1.29, 1.82) is 0 Å². The van der Waals surface area contributed by atoms with E-state index in [2.05, 4.69) is 27.6 Å². The van der Waals surface area contributed by atoms with E-state index in [1.54, 1.807) is 0 Å². The number of benzene rings is 2. The summed E-state index contributed by atoms with van der Waals surface area (Å²) in [6, 6.07) is 15.7. The van der Waals surface area contributed by atoms with E-state index in [9.17, 15) is 0 Å². The van der Waals surface area contributed by atoms with E-state index in [1.807, 2.05) is 36.4 Å². The van der Waals surface area contributed by atoms with Crippen molar-refractivity contribution in [2.45, 2.75) is 12.5 Å². The molecule has 0 radical (unpaired) electrons. The van der Waals surface area contributed by atoms with Gasteiger partial charge in [-0.1, -0.05) is 47.1 Å². The molecule has 0 aliphatic carbocycles. The number of para-hydroxylation sites is 1. The van der Waals surface area contributed by atoms with Gasteiger partial charge in [0, 0.05) is 22.7 Å². The van der Waals surface area contributed by atoms with Gasteiger partial charge in [-0.2, -0.15) is 4.98 Å². The van der Waals surface area contributed by atoms with Gasteiger partial charge in [0.1, 0.15) is 6.04 Å². The van der Waals surface area contributed by atoms with E-state index in [1.165, 1.54) is 5.56 Å². The second-order valence-electron chi connectivity index (χ2n) is 5.02. The second-order valence-corrected chi connectivity index (χ2v) is 5.46. The smallest absolute Gasteiger partial charge is 0.249 e. The molecule has 1 atom stereocenters. The Morgan fingerprint density at radius 3 is 2.90 bits per heavy atom. The van der Waals surface area contributed by atoms with Crippen molar-refractivity contribution in [3.63, 3.8) is 0 Å². The van der Waals surface area contributed by atoms with E-state index in [0.29, 0.717) is 16.7 Å². The Morgan fingerprint density at radius 2 is 2.05 bits per heavy atom. The van der Waals surface area contributed by atoms with Crippen LogP contribution in [0.1, 0.15) is 17.5 Å². The number of aromatic nitrogens is 2. The van der Waals surface area contributed by atoms with Crippen LogP contribution in [0.4, 0.5) is 5.69 Å². The quantitative estimate of drug-likeness (QED) is 0.773. The van der Waals surface area contributed by atoms with Crippen LogP contribution in [0, 0.1) is 0 Å². The van der Waals surface area contributed by atoms with Gasteiger partial charge < -0.3 is 9.84 Å². The Balaban J connectivity index is 1.62. The first-order valence-electron chi connectivity index (χ1n) is 6.73. The van der Waals surface area contributed by atoms with Gasteiger partial charge in [0.15, 0.2) is 0 Å². The Kier molecular flexibility index (Phi) is 2.89. The highest BCUT2D eigenvalue weighted by Gasteiger charge is 2.26. The number of halogens is 1. The van der Waals surface area contributed by atoms with Crippen molar-refractivity contribution in [3.8, 4) is 11.4 Å². The fraction of sp³-hybridized carbons (Fsp3) is 0.125. The van der Waals surface area contributed by atoms with Crippen molar-refractivity contribution >= 4 is 17.3 Å². The Bertz CT molecular complexity index is 774. The van der Waals surface area contributed by atoms with Gasteiger partial charge in [-0.25, -0.2) is 0 Å². The molecular weight excluding hydrogens is 286 g/mol. The van der Waals surface area contributed by atoms with Crippen molar-refractivity contribution in [3.05, 3.63) is 65.0 Å². The van der Waals surface area contributed by atoms with Crippen LogP contribution in [-0.2, 0) is 6.42 Å². The average molecular weight is 298 g/mol. The van der Waals surface area contributed by atoms with Crippen LogP contribution in [0.15, 0.2) is 53.1 Å². The molecule has 1 aliphatic heterocycles. The first-order valence-corrected chi connectivity index (χ1v) is 7.11. The van der Waals surface area contributed by atoms with Crippen LogP contribution in [0.3, 0.4) is 0 Å². The van der Waals surface area contributed by atoms with Crippen molar-refractivity contribution in [1.82, 2.24) is 10.1 Å². The summed E-state index contributed by atoms with van der Waals surface area (Å²) in [5.41, 5.74) is 3.25. The molecule has 104 valence electrons. The van der Waals surface area contributed by atoms with E-state index < -0.39 is 0 Å². The first kappa shape index (κ1) is 12.4. The Hall–Kier alpha value is -2.33. The average Bonchev–Trinajstić information content (AvgIpc) is 3.14. The third kappa shape index (κ3) is 2.28. The van der Waals surface area contributed by atoms with Crippen LogP contribution >= 0.6 is 11.6 Å². The summed E-state index contributed by atoms with van der Waals surface area (Å²) in [5, 5.41) is 8.11. The minimum absolute atomic E-state index is 0.0304. The van der Waals surface area contributed by atoms with Crippen molar-refractivity contribution in [2.75, 3.05) is 5.32 Å². The lowest BCUT2D eigenvalue weighted by molar-refractivity contribution is 0.364. The predicted molar refractivity (Wildman–Crippen MR) is 81.3 cm³/mol. The van der Waals surface area contributed by atoms with Gasteiger partial charge in [0.2, 0.25) is 11.7 Å². The number of hydrogen-bond acceptors (Lipinski definition) is 4. The van der Waals surface area contributed by atoms with Gasteiger partial charge in [-0.05, 0) is 23.8 Å². The zero-order chi connectivity index (χ0) is 14.2. The summed E-state index contributed by atoms with van der Waals surface area (Å²) in [7, 11) is 0. The molecule has 1 aromatic heterocycles. The summed E-state index contributed by atoms with van der Waals surface area (Å²) in [4.78, 5) is 4.49. The monoisotopic (exact) mass is 297 g/mol. The molecule has 0 amide bonds. The molecule has 21 heavy (non-hydrogen) atoms. The van der Waals surface area contributed by atoms with Crippen LogP contribution in [0.25, 0.3) is 11.4 Å². The zero-order valence-corrected chi connectivity index (χ0v) is 11.8. The number of anilines is 1. The van der Waals surface area contributed by atoms with E-state index in [4.69, 9.17) is 16.1 Å². The SMILES string of the molecule is Clc1cccc(-c2noc([C@@H]3Cc4ccccc4N3)n2)c1. The highest BCUT2D eigenvalue weighted by molar-refractivity contribution is 6.30. The van der Waals surface area contributed by atoms with Crippen LogP contribution in [0.2, 0.25) is 5.02 Å². The molecule has 0 saturated carbocycles. The standard InChI is InChI=1S/C16H12ClN3O/c17-12-6-3-5-11(8-12)15-19-16(21-20-15)14-9-10-4-1-2-7-13(10)18-14/h1-8,14,18H,9H2/t14-/m0/s1. The lowest BCUT2D eigenvalue weighted by Gasteiger charge is -2.04. The van der Waals surface area contributed by atoms with E-state index in [0.717, 1.165) is 17.7 Å². The van der Waals surface area contributed by atoms with E-state index in [-0.39, 0.29) is 6.04 Å². The minimum Gasteiger partial charge on any atom is -0.373 e. The van der Waals surface area contributed by atoms with Crippen LogP contribution in [0.5, 0.6) is 0 Å². The topological polar surface area (TPSA) is 51.0 Å². The number of rotatable bonds is 2. The molecule has 4 rings (SSSR count). The fourth-order valence-electron chi connectivity index (χ4n) is 2.57. The van der Waals surface area contributed by atoms with Crippen molar-refractivity contribution < 1.29 is 4.52 Å². The van der Waals surface area contributed by atoms with Crippen LogP contribution in [-0.4, -0.2) is 10.1 Å². The molecule has 0 unspecified atom stereocenters. The first-order chi connectivity index (χ1) is 10.3. The molecule has 1 aliphatic rings. The van der Waals surface area contributed by atoms with Crippen LogP contribution < -0.4 is 5.32 Å². The molecule has 0 fully saturated rings. The largest absolute Gasteiger partial charge is 0.373 e. The number of hydrogen-bond donors (Lipinski definition) is 1. The predicted octanol–water partition coefficient (Wildman–Crippen LogP) is 4.10. The third-order valence-electron chi connectivity index (χ3n) is 3.59. The number of nitrogens with one attached hydrogen (secondary N) is 1. The normalized spacial score (nSPS) is 16.5. The molecule has 0 spiro atoms. The van der Waals surface area contributed by atoms with Gasteiger partial charge in [-0.3, -0.25) is 0 Å². The van der Waals surface area contributed by atoms with Gasteiger partial charge in [0.25, 0.3) is 0 Å². The molecule has 3 aromatic rings. The summed E-state index contributed by atoms with van der Waals surface area (Å²) >= 11 is 5.99. The molecular formula is C16H12ClN3O. The highest BCUT2D eigenvalue weighted by atomic mass is 35.5. The molecule has 2 heterocycles. The number of fused-ring (bicyclic) bond motifs is 1. The molecule has 5 heteroatoms.